The molecule has 74 valence electrons. The zero-order valence-electron chi connectivity index (χ0n) is 8.16. The second kappa shape index (κ2) is 3.72. The highest BCUT2D eigenvalue weighted by molar-refractivity contribution is 7.08. The minimum Gasteiger partial charge on any atom is -0.267 e. The summed E-state index contributed by atoms with van der Waals surface area (Å²) in [6.07, 6.45) is 1.59. The molecule has 5 nitrogen and oxygen atoms in total. The summed E-state index contributed by atoms with van der Waals surface area (Å²) in [6.45, 7) is 5.81. The average molecular weight is 210 g/mol. The van der Waals surface area contributed by atoms with E-state index >= 15 is 0 Å². The van der Waals surface area contributed by atoms with E-state index in [1.807, 2.05) is 20.8 Å². The standard InChI is InChI=1S/C8H10N4OS/c1-8(2,3)6-5(14-12-11-6)7(13)10-4-9/h1-3H3,(H,10,13). The number of nitrogens with zero attached hydrogens (tertiary/aromatic N) is 3. The van der Waals surface area contributed by atoms with Crippen LogP contribution in [0.25, 0.3) is 0 Å². The van der Waals surface area contributed by atoms with Crippen molar-refractivity contribution >= 4 is 17.4 Å². The predicted molar refractivity (Wildman–Crippen MR) is 51.7 cm³/mol. The molecule has 0 bridgehead atoms. The quantitative estimate of drug-likeness (QED) is 0.555. The van der Waals surface area contributed by atoms with Crippen molar-refractivity contribution in [3.63, 3.8) is 0 Å². The molecule has 0 atom stereocenters. The number of hydrogen-bond donors (Lipinski definition) is 1. The molecular weight excluding hydrogens is 200 g/mol. The van der Waals surface area contributed by atoms with Crippen molar-refractivity contribution in [2.24, 2.45) is 0 Å². The molecule has 0 saturated heterocycles. The first-order valence-electron chi connectivity index (χ1n) is 3.99. The minimum atomic E-state index is -0.438. The second-order valence-electron chi connectivity index (χ2n) is 3.77. The number of carbonyl (C=O) groups excluding carboxylic acids is 1. The molecule has 14 heavy (non-hydrogen) atoms. The molecule has 1 aromatic heterocycles. The number of aromatic nitrogens is 2. The average Bonchev–Trinajstić information content (AvgIpc) is 2.50. The Labute approximate surface area is 85.9 Å². The normalized spacial score (nSPS) is 10.7. The first kappa shape index (κ1) is 10.6. The first-order valence-corrected chi connectivity index (χ1v) is 4.76. The number of rotatable bonds is 1. The van der Waals surface area contributed by atoms with Gasteiger partial charge in [-0.25, -0.2) is 0 Å². The fourth-order valence-electron chi connectivity index (χ4n) is 0.938. The number of nitriles is 1. The molecule has 6 heteroatoms. The first-order chi connectivity index (χ1) is 6.46. The van der Waals surface area contributed by atoms with Crippen LogP contribution in [0.2, 0.25) is 0 Å². The Bertz CT molecular complexity index is 385. The van der Waals surface area contributed by atoms with Crippen LogP contribution in [0.3, 0.4) is 0 Å². The van der Waals surface area contributed by atoms with E-state index in [9.17, 15) is 4.79 Å². The lowest BCUT2D eigenvalue weighted by Crippen LogP contribution is -2.22. The second-order valence-corrected chi connectivity index (χ2v) is 4.52. The van der Waals surface area contributed by atoms with Gasteiger partial charge in [0.1, 0.15) is 4.88 Å². The molecule has 1 heterocycles. The maximum Gasteiger partial charge on any atom is 0.277 e. The molecule has 0 aliphatic carbocycles. The third-order valence-electron chi connectivity index (χ3n) is 1.57. The van der Waals surface area contributed by atoms with Gasteiger partial charge in [0.15, 0.2) is 6.19 Å². The van der Waals surface area contributed by atoms with Crippen LogP contribution in [0.15, 0.2) is 0 Å². The van der Waals surface area contributed by atoms with E-state index in [0.717, 1.165) is 11.5 Å². The third-order valence-corrected chi connectivity index (χ3v) is 2.30. The molecule has 0 unspecified atom stereocenters. The summed E-state index contributed by atoms with van der Waals surface area (Å²) in [7, 11) is 0. The van der Waals surface area contributed by atoms with E-state index < -0.39 is 5.91 Å². The molecular formula is C8H10N4OS. The van der Waals surface area contributed by atoms with Gasteiger partial charge in [-0.1, -0.05) is 25.3 Å². The fraction of sp³-hybridized carbons (Fsp3) is 0.500. The molecule has 0 aliphatic heterocycles. The van der Waals surface area contributed by atoms with Gasteiger partial charge in [0.2, 0.25) is 0 Å². The van der Waals surface area contributed by atoms with Crippen molar-refractivity contribution in [2.75, 3.05) is 0 Å². The van der Waals surface area contributed by atoms with Gasteiger partial charge >= 0.3 is 0 Å². The Morgan fingerprint density at radius 1 is 1.57 bits per heavy atom. The molecule has 1 amide bonds. The van der Waals surface area contributed by atoms with Gasteiger partial charge in [-0.05, 0) is 11.5 Å². The zero-order valence-corrected chi connectivity index (χ0v) is 8.97. The molecule has 0 fully saturated rings. The number of amides is 1. The molecule has 1 rings (SSSR count). The van der Waals surface area contributed by atoms with E-state index in [-0.39, 0.29) is 5.41 Å². The maximum atomic E-state index is 11.4. The van der Waals surface area contributed by atoms with E-state index in [1.165, 1.54) is 0 Å². The smallest absolute Gasteiger partial charge is 0.267 e. The van der Waals surface area contributed by atoms with E-state index in [0.29, 0.717) is 10.6 Å². The van der Waals surface area contributed by atoms with E-state index in [4.69, 9.17) is 5.26 Å². The minimum absolute atomic E-state index is 0.241. The van der Waals surface area contributed by atoms with Gasteiger partial charge in [0, 0.05) is 5.41 Å². The van der Waals surface area contributed by atoms with Gasteiger partial charge < -0.3 is 0 Å². The monoisotopic (exact) mass is 210 g/mol. The molecule has 0 aliphatic rings. The highest BCUT2D eigenvalue weighted by atomic mass is 32.1. The van der Waals surface area contributed by atoms with Gasteiger partial charge in [-0.2, -0.15) is 5.26 Å². The number of nitrogens with one attached hydrogen (secondary N) is 1. The van der Waals surface area contributed by atoms with Crippen LogP contribution in [0.4, 0.5) is 0 Å². The van der Waals surface area contributed by atoms with Gasteiger partial charge in [-0.15, -0.1) is 5.10 Å². The van der Waals surface area contributed by atoms with Crippen LogP contribution in [0, 0.1) is 11.5 Å². The molecule has 0 saturated carbocycles. The van der Waals surface area contributed by atoms with Gasteiger partial charge in [-0.3, -0.25) is 10.1 Å². The Kier molecular flexibility index (Phi) is 2.81. The van der Waals surface area contributed by atoms with Crippen molar-refractivity contribution < 1.29 is 4.79 Å². The van der Waals surface area contributed by atoms with Crippen LogP contribution in [0.5, 0.6) is 0 Å². The Balaban J connectivity index is 3.06. The predicted octanol–water partition coefficient (Wildman–Crippen LogP) is 1.05. The van der Waals surface area contributed by atoms with Gasteiger partial charge in [0.25, 0.3) is 5.91 Å². The lowest BCUT2D eigenvalue weighted by atomic mass is 9.91. The summed E-state index contributed by atoms with van der Waals surface area (Å²) < 4.78 is 3.71. The Morgan fingerprint density at radius 3 is 2.71 bits per heavy atom. The summed E-state index contributed by atoms with van der Waals surface area (Å²) in [5, 5.41) is 14.3. The molecule has 1 N–H and O–H groups in total. The van der Waals surface area contributed by atoms with Crippen molar-refractivity contribution in [1.29, 1.82) is 5.26 Å². The largest absolute Gasteiger partial charge is 0.277 e. The number of hydrogen-bond acceptors (Lipinski definition) is 5. The summed E-state index contributed by atoms with van der Waals surface area (Å²) in [4.78, 5) is 11.8. The van der Waals surface area contributed by atoms with Crippen LogP contribution < -0.4 is 5.32 Å². The van der Waals surface area contributed by atoms with E-state index in [2.05, 4.69) is 14.9 Å². The van der Waals surface area contributed by atoms with Crippen LogP contribution in [-0.2, 0) is 5.41 Å². The van der Waals surface area contributed by atoms with Crippen molar-refractivity contribution in [1.82, 2.24) is 14.9 Å². The summed E-state index contributed by atoms with van der Waals surface area (Å²) in [5.41, 5.74) is 0.380. The third kappa shape index (κ3) is 2.06. The zero-order chi connectivity index (χ0) is 10.8. The lowest BCUT2D eigenvalue weighted by molar-refractivity contribution is 0.0974. The Hall–Kier alpha value is -1.48. The van der Waals surface area contributed by atoms with Gasteiger partial charge in [0.05, 0.1) is 5.69 Å². The molecule has 1 aromatic rings. The van der Waals surface area contributed by atoms with Crippen LogP contribution >= 0.6 is 11.5 Å². The fourth-order valence-corrected chi connectivity index (χ4v) is 1.71. The maximum absolute atomic E-state index is 11.4. The molecule has 0 spiro atoms. The topological polar surface area (TPSA) is 78.7 Å². The van der Waals surface area contributed by atoms with Crippen LogP contribution in [-0.4, -0.2) is 15.5 Å². The van der Waals surface area contributed by atoms with Crippen molar-refractivity contribution in [2.45, 2.75) is 26.2 Å². The number of carbonyl (C=O) groups is 1. The van der Waals surface area contributed by atoms with Crippen LogP contribution in [0.1, 0.15) is 36.1 Å². The molecule has 0 aromatic carbocycles. The van der Waals surface area contributed by atoms with Crippen molar-refractivity contribution in [3.05, 3.63) is 10.6 Å². The highest BCUT2D eigenvalue weighted by Gasteiger charge is 2.25. The lowest BCUT2D eigenvalue weighted by Gasteiger charge is -2.15. The Morgan fingerprint density at radius 2 is 2.21 bits per heavy atom. The summed E-state index contributed by atoms with van der Waals surface area (Å²) in [5.74, 6) is -0.438. The summed E-state index contributed by atoms with van der Waals surface area (Å²) in [6, 6.07) is 0. The van der Waals surface area contributed by atoms with E-state index in [1.54, 1.807) is 6.19 Å². The SMILES string of the molecule is CC(C)(C)c1nnsc1C(=O)NC#N. The molecule has 0 radical (unpaired) electrons. The van der Waals surface area contributed by atoms with Crippen molar-refractivity contribution in [3.8, 4) is 6.19 Å². The highest BCUT2D eigenvalue weighted by Crippen LogP contribution is 2.25. The summed E-state index contributed by atoms with van der Waals surface area (Å²) >= 11 is 1.00.